The minimum Gasteiger partial charge on any atom is -0.493 e. The van der Waals surface area contributed by atoms with Crippen molar-refractivity contribution in [1.82, 2.24) is 4.90 Å². The van der Waals surface area contributed by atoms with Crippen LogP contribution in [-0.4, -0.2) is 39.4 Å². The van der Waals surface area contributed by atoms with E-state index < -0.39 is 33.4 Å². The maximum atomic E-state index is 15.1. The third-order valence-electron chi connectivity index (χ3n) is 6.65. The van der Waals surface area contributed by atoms with Crippen molar-refractivity contribution in [3.8, 4) is 5.75 Å². The molecule has 0 bridgehead atoms. The molecule has 0 aliphatic rings. The molecule has 0 saturated carbocycles. The van der Waals surface area contributed by atoms with Crippen LogP contribution in [0.1, 0.15) is 35.3 Å². The average Bonchev–Trinajstić information content (AvgIpc) is 2.98. The molecular formula is C31H27Cl3F2N2O4S. The summed E-state index contributed by atoms with van der Waals surface area (Å²) < 4.78 is 64.0. The highest BCUT2D eigenvalue weighted by Crippen LogP contribution is 2.38. The quantitative estimate of drug-likeness (QED) is 0.151. The first-order valence-electron chi connectivity index (χ1n) is 13.1. The van der Waals surface area contributed by atoms with Gasteiger partial charge in [-0.2, -0.15) is 0 Å². The van der Waals surface area contributed by atoms with E-state index in [-0.39, 0.29) is 22.4 Å². The summed E-state index contributed by atoms with van der Waals surface area (Å²) in [5.41, 5.74) is 0.354. The molecule has 0 aromatic heterocycles. The van der Waals surface area contributed by atoms with Crippen LogP contribution in [0.5, 0.6) is 5.75 Å². The van der Waals surface area contributed by atoms with Gasteiger partial charge >= 0.3 is 0 Å². The lowest BCUT2D eigenvalue weighted by molar-refractivity contribution is 0.0787. The molecule has 226 valence electrons. The highest BCUT2D eigenvalue weighted by atomic mass is 35.5. The molecule has 0 aliphatic heterocycles. The SMILES string of the molecule is CC(c1ccccc1OCCCN(C)C(=O)c1ccc(Cl)c(Cl)c1)N(c1cc(F)ccc1F)S(=O)(=O)c1ccc(Cl)cc1. The van der Waals surface area contributed by atoms with Gasteiger partial charge in [0.05, 0.1) is 33.3 Å². The zero-order valence-corrected chi connectivity index (χ0v) is 26.2. The topological polar surface area (TPSA) is 66.9 Å². The van der Waals surface area contributed by atoms with Gasteiger partial charge in [0.2, 0.25) is 0 Å². The van der Waals surface area contributed by atoms with Crippen molar-refractivity contribution in [3.63, 3.8) is 0 Å². The number of hydrogen-bond acceptors (Lipinski definition) is 4. The molecule has 43 heavy (non-hydrogen) atoms. The second kappa shape index (κ2) is 13.9. The van der Waals surface area contributed by atoms with E-state index >= 15 is 4.39 Å². The van der Waals surface area contributed by atoms with E-state index in [1.807, 2.05) is 0 Å². The number of nitrogens with zero attached hydrogens (tertiary/aromatic N) is 2. The van der Waals surface area contributed by atoms with Gasteiger partial charge in [0.25, 0.3) is 15.9 Å². The molecule has 4 aromatic rings. The fourth-order valence-electron chi connectivity index (χ4n) is 4.44. The van der Waals surface area contributed by atoms with Crippen molar-refractivity contribution in [3.05, 3.63) is 123 Å². The van der Waals surface area contributed by atoms with Crippen LogP contribution in [0.25, 0.3) is 0 Å². The number of sulfonamides is 1. The van der Waals surface area contributed by atoms with Crippen molar-refractivity contribution in [2.75, 3.05) is 24.5 Å². The first kappa shape index (κ1) is 32.5. The molecule has 6 nitrogen and oxygen atoms in total. The number of rotatable bonds is 11. The highest BCUT2D eigenvalue weighted by molar-refractivity contribution is 7.92. The minimum absolute atomic E-state index is 0.152. The molecule has 0 fully saturated rings. The summed E-state index contributed by atoms with van der Waals surface area (Å²) in [6.45, 7) is 2.09. The van der Waals surface area contributed by atoms with Gasteiger partial charge in [0.1, 0.15) is 17.4 Å². The molecule has 4 aromatic carbocycles. The Bertz CT molecular complexity index is 1720. The molecule has 1 atom stereocenters. The van der Waals surface area contributed by atoms with E-state index in [1.54, 1.807) is 50.4 Å². The number of halogens is 5. The third-order valence-corrected chi connectivity index (χ3v) is 9.54. The molecule has 0 heterocycles. The summed E-state index contributed by atoms with van der Waals surface area (Å²) in [5, 5.41) is 0.945. The predicted octanol–water partition coefficient (Wildman–Crippen LogP) is 8.42. The van der Waals surface area contributed by atoms with Crippen LogP contribution in [0, 0.1) is 11.6 Å². The lowest BCUT2D eigenvalue weighted by atomic mass is 10.1. The molecule has 1 unspecified atom stereocenters. The summed E-state index contributed by atoms with van der Waals surface area (Å²) in [5.74, 6) is -1.61. The summed E-state index contributed by atoms with van der Waals surface area (Å²) in [7, 11) is -2.76. The van der Waals surface area contributed by atoms with Crippen LogP contribution in [0.4, 0.5) is 14.5 Å². The first-order chi connectivity index (χ1) is 20.4. The Morgan fingerprint density at radius 3 is 2.30 bits per heavy atom. The van der Waals surface area contributed by atoms with Crippen LogP contribution in [0.15, 0.2) is 89.8 Å². The number of benzene rings is 4. The summed E-state index contributed by atoms with van der Waals surface area (Å²) in [6, 6.07) is 18.4. The zero-order chi connectivity index (χ0) is 31.3. The Morgan fingerprint density at radius 2 is 1.60 bits per heavy atom. The Kier molecular flexibility index (Phi) is 10.6. The van der Waals surface area contributed by atoms with Gasteiger partial charge in [0.15, 0.2) is 0 Å². The van der Waals surface area contributed by atoms with Gasteiger partial charge in [-0.3, -0.25) is 9.10 Å². The van der Waals surface area contributed by atoms with Gasteiger partial charge in [0, 0.05) is 35.8 Å². The number of hydrogen-bond donors (Lipinski definition) is 0. The van der Waals surface area contributed by atoms with E-state index in [4.69, 9.17) is 39.5 Å². The number of para-hydroxylation sites is 1. The predicted molar refractivity (Wildman–Crippen MR) is 166 cm³/mol. The molecular weight excluding hydrogens is 641 g/mol. The third kappa shape index (κ3) is 7.59. The van der Waals surface area contributed by atoms with Gasteiger partial charge in [-0.15, -0.1) is 0 Å². The Hall–Kier alpha value is -3.37. The second-order valence-electron chi connectivity index (χ2n) is 9.62. The fourth-order valence-corrected chi connectivity index (χ4v) is 6.50. The Balaban J connectivity index is 1.56. The first-order valence-corrected chi connectivity index (χ1v) is 15.6. The van der Waals surface area contributed by atoms with Crippen molar-refractivity contribution >= 4 is 56.4 Å². The van der Waals surface area contributed by atoms with Crippen LogP contribution in [0.3, 0.4) is 0 Å². The monoisotopic (exact) mass is 666 g/mol. The van der Waals surface area contributed by atoms with Crippen molar-refractivity contribution in [2.45, 2.75) is 24.3 Å². The fraction of sp³-hybridized carbons (Fsp3) is 0.194. The highest BCUT2D eigenvalue weighted by Gasteiger charge is 2.34. The minimum atomic E-state index is -4.40. The molecule has 0 spiro atoms. The lowest BCUT2D eigenvalue weighted by Gasteiger charge is -2.32. The number of carbonyl (C=O) groups is 1. The van der Waals surface area contributed by atoms with Crippen LogP contribution in [-0.2, 0) is 10.0 Å². The molecule has 1 amide bonds. The van der Waals surface area contributed by atoms with E-state index in [0.717, 1.165) is 22.5 Å². The summed E-state index contributed by atoms with van der Waals surface area (Å²) in [4.78, 5) is 14.1. The smallest absolute Gasteiger partial charge is 0.264 e. The summed E-state index contributed by atoms with van der Waals surface area (Å²) in [6.07, 6.45) is 0.442. The standard InChI is InChI=1S/C31H27Cl3F2N2O4S/c1-20(38(29-19-23(35)11-15-28(29)36)43(40,41)24-12-9-22(32)10-13-24)25-6-3-4-7-30(25)42-17-5-16-37(2)31(39)21-8-14-26(33)27(34)18-21/h3-4,6-15,18-20H,5,16-17H2,1-2H3. The lowest BCUT2D eigenvalue weighted by Crippen LogP contribution is -2.34. The maximum Gasteiger partial charge on any atom is 0.264 e. The van der Waals surface area contributed by atoms with Crippen LogP contribution < -0.4 is 9.04 Å². The van der Waals surface area contributed by atoms with E-state index in [9.17, 15) is 17.6 Å². The number of carbonyl (C=O) groups excluding carboxylic acids is 1. The van der Waals surface area contributed by atoms with E-state index in [0.29, 0.717) is 39.9 Å². The van der Waals surface area contributed by atoms with Gasteiger partial charge in [-0.1, -0.05) is 53.0 Å². The second-order valence-corrected chi connectivity index (χ2v) is 12.7. The van der Waals surface area contributed by atoms with E-state index in [1.165, 1.54) is 35.2 Å². The molecule has 0 N–H and O–H groups in total. The van der Waals surface area contributed by atoms with Gasteiger partial charge in [-0.25, -0.2) is 17.2 Å². The van der Waals surface area contributed by atoms with Crippen molar-refractivity contribution in [1.29, 1.82) is 0 Å². The Morgan fingerprint density at radius 1 is 0.907 bits per heavy atom. The van der Waals surface area contributed by atoms with Gasteiger partial charge in [-0.05, 0) is 74.0 Å². The van der Waals surface area contributed by atoms with Crippen molar-refractivity contribution < 1.29 is 26.7 Å². The van der Waals surface area contributed by atoms with Crippen molar-refractivity contribution in [2.24, 2.45) is 0 Å². The molecule has 0 radical (unpaired) electrons. The van der Waals surface area contributed by atoms with E-state index in [2.05, 4.69) is 0 Å². The normalized spacial score (nSPS) is 12.1. The van der Waals surface area contributed by atoms with Crippen LogP contribution in [0.2, 0.25) is 15.1 Å². The molecule has 0 aliphatic carbocycles. The summed E-state index contributed by atoms with van der Waals surface area (Å²) >= 11 is 17.9. The zero-order valence-electron chi connectivity index (χ0n) is 23.1. The average molecular weight is 668 g/mol. The van der Waals surface area contributed by atoms with Gasteiger partial charge < -0.3 is 9.64 Å². The number of ether oxygens (including phenoxy) is 1. The molecule has 0 saturated heterocycles. The molecule has 4 rings (SSSR count). The number of anilines is 1. The van der Waals surface area contributed by atoms with Crippen LogP contribution >= 0.6 is 34.8 Å². The maximum absolute atomic E-state index is 15.1. The molecule has 12 heteroatoms. The Labute approximate surface area is 264 Å². The largest absolute Gasteiger partial charge is 0.493 e. The number of amides is 1.